The van der Waals surface area contributed by atoms with Crippen LogP contribution in [0.4, 0.5) is 0 Å². The number of amides is 2. The summed E-state index contributed by atoms with van der Waals surface area (Å²) in [4.78, 5) is 35.7. The predicted molar refractivity (Wildman–Crippen MR) is 132 cm³/mol. The number of nitrogens with zero attached hydrogens (tertiary/aromatic N) is 5. The molecule has 9 nitrogen and oxygen atoms in total. The Morgan fingerprint density at radius 1 is 1.29 bits per heavy atom. The van der Waals surface area contributed by atoms with Gasteiger partial charge in [0.25, 0.3) is 5.91 Å². The highest BCUT2D eigenvalue weighted by molar-refractivity contribution is 5.98. The van der Waals surface area contributed by atoms with Crippen molar-refractivity contribution < 1.29 is 19.4 Å². The Kier molecular flexibility index (Phi) is 8.43. The first-order valence-electron chi connectivity index (χ1n) is 11.6. The summed E-state index contributed by atoms with van der Waals surface area (Å²) in [6.45, 7) is 4.57. The van der Waals surface area contributed by atoms with E-state index in [2.05, 4.69) is 11.1 Å². The molecule has 0 fully saturated rings. The van der Waals surface area contributed by atoms with E-state index in [1.165, 1.54) is 0 Å². The van der Waals surface area contributed by atoms with E-state index in [-0.39, 0.29) is 36.8 Å². The molecule has 2 heterocycles. The first-order valence-corrected chi connectivity index (χ1v) is 11.6. The first kappa shape index (κ1) is 26.1. The van der Waals surface area contributed by atoms with Gasteiger partial charge in [-0.15, -0.1) is 0 Å². The lowest BCUT2D eigenvalue weighted by Crippen LogP contribution is -2.51. The number of rotatable bonds is 7. The Labute approximate surface area is 206 Å². The number of likely N-dealkylation sites (N-methyl/N-ethyl adjacent to an activating group) is 2. The minimum Gasteiger partial charge on any atom is -0.472 e. The molecule has 0 spiro atoms. The highest BCUT2D eigenvalue weighted by atomic mass is 16.5. The molecule has 1 aliphatic heterocycles. The SMILES string of the molecule is C[C@@H]1CN([C@@H](C)CO)C(=O)c2cc(-c3ccc(C#N)cc3)cnc2O[C@@H]1CN(C)C(=O)CN(C)C. The Morgan fingerprint density at radius 3 is 2.57 bits per heavy atom. The Balaban J connectivity index is 1.99. The molecule has 2 amide bonds. The van der Waals surface area contributed by atoms with Crippen LogP contribution in [0, 0.1) is 17.2 Å². The van der Waals surface area contributed by atoms with Crippen LogP contribution in [0.5, 0.6) is 5.88 Å². The normalized spacial score (nSPS) is 18.7. The highest BCUT2D eigenvalue weighted by Gasteiger charge is 2.34. The van der Waals surface area contributed by atoms with Crippen LogP contribution < -0.4 is 4.74 Å². The van der Waals surface area contributed by atoms with Gasteiger partial charge in [0, 0.05) is 31.3 Å². The number of carbonyl (C=O) groups is 2. The first-order chi connectivity index (χ1) is 16.6. The average molecular weight is 480 g/mol. The van der Waals surface area contributed by atoms with Gasteiger partial charge in [-0.05, 0) is 44.8 Å². The van der Waals surface area contributed by atoms with Crippen molar-refractivity contribution in [2.75, 3.05) is 47.4 Å². The lowest BCUT2D eigenvalue weighted by Gasteiger charge is -2.37. The number of aliphatic hydroxyl groups excluding tert-OH is 1. The van der Waals surface area contributed by atoms with Crippen LogP contribution in [0.1, 0.15) is 29.8 Å². The zero-order chi connectivity index (χ0) is 25.7. The van der Waals surface area contributed by atoms with E-state index >= 15 is 0 Å². The van der Waals surface area contributed by atoms with Crippen molar-refractivity contribution >= 4 is 11.8 Å². The second-order valence-electron chi connectivity index (χ2n) is 9.40. The van der Waals surface area contributed by atoms with Gasteiger partial charge < -0.3 is 24.5 Å². The maximum atomic E-state index is 13.6. The van der Waals surface area contributed by atoms with Crippen molar-refractivity contribution in [3.8, 4) is 23.1 Å². The summed E-state index contributed by atoms with van der Waals surface area (Å²) < 4.78 is 6.26. The monoisotopic (exact) mass is 479 g/mol. The third-order valence-corrected chi connectivity index (χ3v) is 6.20. The standard InChI is InChI=1S/C26H33N5O4/c1-17-13-31(18(2)16-32)26(34)22-10-21(20-8-6-19(11-27)7-9-20)12-28-25(22)35-23(17)14-30(5)24(33)15-29(3)4/h6-10,12,17-18,23,32H,13-16H2,1-5H3/t17-,18+,23-/m1/s1. The molecule has 0 radical (unpaired) electrons. The molecule has 0 bridgehead atoms. The summed E-state index contributed by atoms with van der Waals surface area (Å²) in [6.07, 6.45) is 1.23. The number of hydrogen-bond acceptors (Lipinski definition) is 7. The predicted octanol–water partition coefficient (Wildman–Crippen LogP) is 1.86. The summed E-state index contributed by atoms with van der Waals surface area (Å²) in [5, 5.41) is 18.9. The molecule has 0 aliphatic carbocycles. The van der Waals surface area contributed by atoms with E-state index in [0.717, 1.165) is 5.56 Å². The second kappa shape index (κ2) is 11.3. The molecular formula is C26H33N5O4. The molecular weight excluding hydrogens is 446 g/mol. The molecule has 1 N–H and O–H groups in total. The smallest absolute Gasteiger partial charge is 0.259 e. The molecule has 0 saturated carbocycles. The van der Waals surface area contributed by atoms with E-state index < -0.39 is 12.1 Å². The summed E-state index contributed by atoms with van der Waals surface area (Å²) in [7, 11) is 5.42. The Morgan fingerprint density at radius 2 is 1.97 bits per heavy atom. The number of aromatic nitrogens is 1. The number of ether oxygens (including phenoxy) is 1. The van der Waals surface area contributed by atoms with Crippen LogP contribution in [-0.2, 0) is 4.79 Å². The fourth-order valence-corrected chi connectivity index (χ4v) is 3.98. The molecule has 2 aromatic rings. The van der Waals surface area contributed by atoms with Gasteiger partial charge in [0.2, 0.25) is 11.8 Å². The lowest BCUT2D eigenvalue weighted by atomic mass is 9.99. The molecule has 0 saturated heterocycles. The fraction of sp³-hybridized carbons (Fsp3) is 0.462. The average Bonchev–Trinajstić information content (AvgIpc) is 2.85. The zero-order valence-electron chi connectivity index (χ0n) is 20.9. The molecule has 1 aromatic heterocycles. The largest absolute Gasteiger partial charge is 0.472 e. The number of hydrogen-bond donors (Lipinski definition) is 1. The molecule has 0 unspecified atom stereocenters. The fourth-order valence-electron chi connectivity index (χ4n) is 3.98. The van der Waals surface area contributed by atoms with E-state index in [0.29, 0.717) is 29.8 Å². The minimum atomic E-state index is -0.403. The van der Waals surface area contributed by atoms with Crippen molar-refractivity contribution in [2.24, 2.45) is 5.92 Å². The van der Waals surface area contributed by atoms with Crippen LogP contribution >= 0.6 is 0 Å². The number of pyridine rings is 1. The van der Waals surface area contributed by atoms with Crippen molar-refractivity contribution in [3.05, 3.63) is 47.7 Å². The van der Waals surface area contributed by atoms with Crippen molar-refractivity contribution in [1.29, 1.82) is 5.26 Å². The van der Waals surface area contributed by atoms with Gasteiger partial charge in [-0.3, -0.25) is 9.59 Å². The van der Waals surface area contributed by atoms with Crippen LogP contribution in [0.15, 0.2) is 36.5 Å². The molecule has 3 atom stereocenters. The van der Waals surface area contributed by atoms with Crippen LogP contribution in [0.3, 0.4) is 0 Å². The summed E-state index contributed by atoms with van der Waals surface area (Å²) in [5.41, 5.74) is 2.37. The van der Waals surface area contributed by atoms with Crippen LogP contribution in [0.2, 0.25) is 0 Å². The molecule has 186 valence electrons. The zero-order valence-corrected chi connectivity index (χ0v) is 20.9. The van der Waals surface area contributed by atoms with Gasteiger partial charge in [-0.1, -0.05) is 19.1 Å². The van der Waals surface area contributed by atoms with Gasteiger partial charge in [-0.25, -0.2) is 4.98 Å². The number of benzene rings is 1. The van der Waals surface area contributed by atoms with Gasteiger partial charge in [0.1, 0.15) is 11.7 Å². The highest BCUT2D eigenvalue weighted by Crippen LogP contribution is 2.30. The van der Waals surface area contributed by atoms with Crippen LogP contribution in [0.25, 0.3) is 11.1 Å². The Bertz CT molecular complexity index is 1100. The van der Waals surface area contributed by atoms with Crippen molar-refractivity contribution in [3.63, 3.8) is 0 Å². The molecule has 35 heavy (non-hydrogen) atoms. The lowest BCUT2D eigenvalue weighted by molar-refractivity contribution is -0.132. The van der Waals surface area contributed by atoms with Crippen molar-refractivity contribution in [1.82, 2.24) is 19.7 Å². The second-order valence-corrected chi connectivity index (χ2v) is 9.40. The maximum absolute atomic E-state index is 13.6. The summed E-state index contributed by atoms with van der Waals surface area (Å²) in [5.74, 6) is -0.219. The summed E-state index contributed by atoms with van der Waals surface area (Å²) >= 11 is 0. The van der Waals surface area contributed by atoms with Crippen molar-refractivity contribution in [2.45, 2.75) is 26.0 Å². The number of nitriles is 1. The quantitative estimate of drug-likeness (QED) is 0.645. The van der Waals surface area contributed by atoms with Gasteiger partial charge in [0.05, 0.1) is 37.4 Å². The summed E-state index contributed by atoms with van der Waals surface area (Å²) in [6, 6.07) is 10.5. The van der Waals surface area contributed by atoms with E-state index in [9.17, 15) is 14.7 Å². The van der Waals surface area contributed by atoms with Gasteiger partial charge in [0.15, 0.2) is 0 Å². The number of aliphatic hydroxyl groups is 1. The van der Waals surface area contributed by atoms with E-state index in [1.54, 1.807) is 60.3 Å². The Hall–Kier alpha value is -3.48. The third kappa shape index (κ3) is 6.15. The number of carbonyl (C=O) groups excluding carboxylic acids is 2. The van der Waals surface area contributed by atoms with Gasteiger partial charge >= 0.3 is 0 Å². The van der Waals surface area contributed by atoms with E-state index in [4.69, 9.17) is 10.00 Å². The topological polar surface area (TPSA) is 110 Å². The molecule has 9 heteroatoms. The van der Waals surface area contributed by atoms with E-state index in [1.807, 2.05) is 25.9 Å². The van der Waals surface area contributed by atoms with Gasteiger partial charge in [-0.2, -0.15) is 5.26 Å². The third-order valence-electron chi connectivity index (χ3n) is 6.20. The number of fused-ring (bicyclic) bond motifs is 1. The molecule has 1 aliphatic rings. The minimum absolute atomic E-state index is 0.0335. The molecule has 3 rings (SSSR count). The maximum Gasteiger partial charge on any atom is 0.259 e. The van der Waals surface area contributed by atoms with Crippen LogP contribution in [-0.4, -0.2) is 96.1 Å². The molecule has 1 aromatic carbocycles.